The largest absolute Gasteiger partial charge is 0.467 e. The van der Waals surface area contributed by atoms with Crippen molar-refractivity contribution in [1.82, 2.24) is 19.7 Å². The molecule has 1 aliphatic heterocycles. The number of aliphatic hydroxyl groups excluding tert-OH is 4. The molecule has 0 saturated carbocycles. The van der Waals surface area contributed by atoms with Gasteiger partial charge in [-0.3, -0.25) is 5.32 Å². The summed E-state index contributed by atoms with van der Waals surface area (Å²) in [6.45, 7) is -1.11. The van der Waals surface area contributed by atoms with Crippen LogP contribution in [0, 0.1) is 0 Å². The number of urea groups is 1. The zero-order valence-electron chi connectivity index (χ0n) is 18.0. The normalized spacial score (nSPS) is 24.6. The molecule has 2 amide bonds. The van der Waals surface area contributed by atoms with Crippen LogP contribution in [0.2, 0.25) is 5.02 Å². The van der Waals surface area contributed by atoms with Crippen molar-refractivity contribution in [1.29, 1.82) is 0 Å². The lowest BCUT2D eigenvalue weighted by Crippen LogP contribution is -2.59. The first-order valence-corrected chi connectivity index (χ1v) is 11.7. The van der Waals surface area contributed by atoms with Gasteiger partial charge in [0.2, 0.25) is 5.95 Å². The van der Waals surface area contributed by atoms with Gasteiger partial charge in [-0.25, -0.2) is 17.9 Å². The molecule has 6 N–H and O–H groups in total. The van der Waals surface area contributed by atoms with E-state index in [9.17, 15) is 33.6 Å². The second kappa shape index (κ2) is 11.4. The van der Waals surface area contributed by atoms with Gasteiger partial charge in [-0.15, -0.1) is 0 Å². The van der Waals surface area contributed by atoms with E-state index in [2.05, 4.69) is 20.3 Å². The van der Waals surface area contributed by atoms with Crippen LogP contribution in [-0.2, 0) is 26.1 Å². The Labute approximate surface area is 203 Å². The van der Waals surface area contributed by atoms with Crippen LogP contribution in [0.15, 0.2) is 29.2 Å². The number of nitrogens with zero attached hydrogens (tertiary/aromatic N) is 3. The van der Waals surface area contributed by atoms with E-state index in [1.165, 1.54) is 31.4 Å². The number of aliphatic hydroxyl groups is 4. The van der Waals surface area contributed by atoms with Gasteiger partial charge in [0, 0.05) is 0 Å². The minimum atomic E-state index is -4.31. The van der Waals surface area contributed by atoms with E-state index in [0.717, 1.165) is 0 Å². The summed E-state index contributed by atoms with van der Waals surface area (Å²) >= 11 is 5.87. The molecule has 0 aliphatic carbocycles. The van der Waals surface area contributed by atoms with Crippen molar-refractivity contribution in [2.24, 2.45) is 0 Å². The van der Waals surface area contributed by atoms with E-state index >= 15 is 0 Å². The molecule has 2 aromatic rings. The predicted molar refractivity (Wildman–Crippen MR) is 116 cm³/mol. The van der Waals surface area contributed by atoms with E-state index < -0.39 is 65.9 Å². The maximum atomic E-state index is 12.4. The molecule has 17 heteroatoms. The Bertz CT molecular complexity index is 1150. The SMILES string of the molecule is COc1nc(COC2OC(CO)C(O)C(O)C2O)nc(NC(=O)NS(=O)(=O)c2ccccc2Cl)n1. The summed E-state index contributed by atoms with van der Waals surface area (Å²) in [5, 5.41) is 41.0. The van der Waals surface area contributed by atoms with Crippen molar-refractivity contribution < 1.29 is 47.8 Å². The molecular formula is C18H22ClN5O10S. The standard InChI is InChI=1S/C18H22ClN5O10S/c1-32-18-21-11(7-33-15-14(28)13(27)12(26)9(6-25)34-15)20-16(23-18)22-17(29)24-35(30,31)10-5-3-2-4-8(10)19/h2-5,9,12-15,25-28H,6-7H2,1H3,(H2,20,21,22,23,24,29). The van der Waals surface area contributed by atoms with Crippen molar-refractivity contribution in [3.05, 3.63) is 35.1 Å². The number of aromatic nitrogens is 3. The van der Waals surface area contributed by atoms with Crippen molar-refractivity contribution in [3.63, 3.8) is 0 Å². The van der Waals surface area contributed by atoms with Crippen molar-refractivity contribution in [2.45, 2.75) is 42.2 Å². The molecule has 0 radical (unpaired) electrons. The summed E-state index contributed by atoms with van der Waals surface area (Å²) in [6.07, 6.45) is -7.53. The van der Waals surface area contributed by atoms with E-state index in [0.29, 0.717) is 0 Å². The molecule has 1 fully saturated rings. The number of carbonyl (C=O) groups excluding carboxylic acids is 1. The predicted octanol–water partition coefficient (Wildman–Crippen LogP) is -1.64. The molecule has 1 aliphatic rings. The molecule has 0 spiro atoms. The Morgan fingerprint density at radius 2 is 1.86 bits per heavy atom. The quantitative estimate of drug-likeness (QED) is 0.223. The van der Waals surface area contributed by atoms with Crippen molar-refractivity contribution in [3.8, 4) is 6.01 Å². The Morgan fingerprint density at radius 3 is 2.51 bits per heavy atom. The second-order valence-electron chi connectivity index (χ2n) is 7.06. The van der Waals surface area contributed by atoms with Crippen LogP contribution in [0.5, 0.6) is 6.01 Å². The summed E-state index contributed by atoms with van der Waals surface area (Å²) in [6, 6.07) is 4.02. The highest BCUT2D eigenvalue weighted by Gasteiger charge is 2.44. The van der Waals surface area contributed by atoms with Gasteiger partial charge in [-0.1, -0.05) is 23.7 Å². The molecule has 1 aromatic carbocycles. The van der Waals surface area contributed by atoms with Crippen LogP contribution in [-0.4, -0.2) is 94.2 Å². The minimum absolute atomic E-state index is 0.0951. The molecule has 1 saturated heterocycles. The van der Waals surface area contributed by atoms with Crippen LogP contribution < -0.4 is 14.8 Å². The fourth-order valence-electron chi connectivity index (χ4n) is 2.94. The summed E-state index contributed by atoms with van der Waals surface area (Å²) < 4.78 is 42.1. The van der Waals surface area contributed by atoms with Crippen LogP contribution >= 0.6 is 11.6 Å². The van der Waals surface area contributed by atoms with Gasteiger partial charge < -0.3 is 34.6 Å². The molecule has 1 aromatic heterocycles. The van der Waals surface area contributed by atoms with Gasteiger partial charge in [0.05, 0.1) is 18.7 Å². The fourth-order valence-corrected chi connectivity index (χ4v) is 4.37. The van der Waals surface area contributed by atoms with Gasteiger partial charge in [-0.2, -0.15) is 15.0 Å². The van der Waals surface area contributed by atoms with Gasteiger partial charge in [0.1, 0.15) is 35.9 Å². The third-order valence-electron chi connectivity index (χ3n) is 4.65. The smallest absolute Gasteiger partial charge is 0.335 e. The number of amides is 2. The van der Waals surface area contributed by atoms with Gasteiger partial charge in [-0.05, 0) is 12.1 Å². The van der Waals surface area contributed by atoms with E-state index in [1.54, 1.807) is 4.72 Å². The van der Waals surface area contributed by atoms with Crippen molar-refractivity contribution in [2.75, 3.05) is 19.0 Å². The van der Waals surface area contributed by atoms with Crippen LogP contribution in [0.4, 0.5) is 10.7 Å². The van der Waals surface area contributed by atoms with E-state index in [1.807, 2.05) is 0 Å². The van der Waals surface area contributed by atoms with Gasteiger partial charge in [0.15, 0.2) is 12.1 Å². The highest BCUT2D eigenvalue weighted by atomic mass is 35.5. The Balaban J connectivity index is 1.69. The number of benzene rings is 1. The second-order valence-corrected chi connectivity index (χ2v) is 9.12. The Hall–Kier alpha value is -2.70. The maximum Gasteiger partial charge on any atom is 0.335 e. The number of anilines is 1. The maximum absolute atomic E-state index is 12.4. The molecule has 0 bridgehead atoms. The lowest BCUT2D eigenvalue weighted by Gasteiger charge is -2.39. The molecule has 192 valence electrons. The number of methoxy groups -OCH3 is 1. The number of halogens is 1. The van der Waals surface area contributed by atoms with Gasteiger partial charge in [0.25, 0.3) is 10.0 Å². The number of hydrogen-bond acceptors (Lipinski definition) is 13. The summed E-state index contributed by atoms with van der Waals surface area (Å²) in [7, 11) is -3.09. The summed E-state index contributed by atoms with van der Waals surface area (Å²) in [4.78, 5) is 23.5. The molecule has 5 atom stereocenters. The monoisotopic (exact) mass is 535 g/mol. The van der Waals surface area contributed by atoms with Crippen LogP contribution in [0.25, 0.3) is 0 Å². The number of sulfonamides is 1. The molecule has 35 heavy (non-hydrogen) atoms. The fraction of sp³-hybridized carbons (Fsp3) is 0.444. The average molecular weight is 536 g/mol. The molecule has 15 nitrogen and oxygen atoms in total. The highest BCUT2D eigenvalue weighted by Crippen LogP contribution is 2.23. The first kappa shape index (κ1) is 26.9. The van der Waals surface area contributed by atoms with E-state index in [4.69, 9.17) is 25.8 Å². The first-order chi connectivity index (χ1) is 16.6. The minimum Gasteiger partial charge on any atom is -0.467 e. The Morgan fingerprint density at radius 1 is 1.14 bits per heavy atom. The third kappa shape index (κ3) is 6.50. The molecular weight excluding hydrogens is 514 g/mol. The van der Waals surface area contributed by atoms with Crippen LogP contribution in [0.3, 0.4) is 0 Å². The number of ether oxygens (including phenoxy) is 3. The molecule has 2 heterocycles. The number of carbonyl (C=O) groups is 1. The molecule has 3 rings (SSSR count). The van der Waals surface area contributed by atoms with E-state index in [-0.39, 0.29) is 21.8 Å². The molecule has 5 unspecified atom stereocenters. The highest BCUT2D eigenvalue weighted by molar-refractivity contribution is 7.90. The zero-order valence-corrected chi connectivity index (χ0v) is 19.5. The lowest BCUT2D eigenvalue weighted by atomic mass is 9.99. The number of rotatable bonds is 8. The number of nitrogens with one attached hydrogen (secondary N) is 2. The zero-order chi connectivity index (χ0) is 25.8. The number of hydrogen-bond donors (Lipinski definition) is 6. The van der Waals surface area contributed by atoms with Crippen molar-refractivity contribution >= 4 is 33.6 Å². The lowest BCUT2D eigenvalue weighted by molar-refractivity contribution is -0.304. The van der Waals surface area contributed by atoms with Crippen LogP contribution in [0.1, 0.15) is 5.82 Å². The summed E-state index contributed by atoms with van der Waals surface area (Å²) in [5.41, 5.74) is 0. The average Bonchev–Trinajstić information content (AvgIpc) is 2.81. The first-order valence-electron chi connectivity index (χ1n) is 9.85. The Kier molecular flexibility index (Phi) is 8.73. The third-order valence-corrected chi connectivity index (χ3v) is 6.48. The topological polar surface area (TPSA) is 223 Å². The van der Waals surface area contributed by atoms with Gasteiger partial charge >= 0.3 is 12.0 Å². The summed E-state index contributed by atoms with van der Waals surface area (Å²) in [5.74, 6) is -0.547.